The average molecular weight is 204 g/mol. The van der Waals surface area contributed by atoms with Gasteiger partial charge in [0.25, 0.3) is 0 Å². The maximum Gasteiger partial charge on any atom is -0.0202 e. The van der Waals surface area contributed by atoms with Gasteiger partial charge >= 0.3 is 0 Å². The van der Waals surface area contributed by atoms with E-state index in [0.29, 0.717) is 5.92 Å². The summed E-state index contributed by atoms with van der Waals surface area (Å²) >= 11 is 0. The molecule has 0 fully saturated rings. The number of rotatable bonds is 5. The zero-order valence-electron chi connectivity index (χ0n) is 10.8. The fraction of sp³-hybridized carbons (Fsp3) is 0.467. The molecule has 0 spiro atoms. The molecule has 0 saturated carbocycles. The highest BCUT2D eigenvalue weighted by molar-refractivity contribution is 5.45. The molecule has 0 heterocycles. The van der Waals surface area contributed by atoms with E-state index in [2.05, 4.69) is 59.4 Å². The molecule has 0 heteroatoms. The summed E-state index contributed by atoms with van der Waals surface area (Å²) in [4.78, 5) is 0. The van der Waals surface area contributed by atoms with Crippen LogP contribution in [0.4, 0.5) is 0 Å². The molecular formula is C15H24. The highest BCUT2D eigenvalue weighted by Gasteiger charge is 2.05. The van der Waals surface area contributed by atoms with Gasteiger partial charge < -0.3 is 0 Å². The lowest BCUT2D eigenvalue weighted by Gasteiger charge is -2.13. The Labute approximate surface area is 95.1 Å². The number of allylic oxidation sites excluding steroid dienone is 7. The van der Waals surface area contributed by atoms with Crippen molar-refractivity contribution in [3.05, 3.63) is 47.6 Å². The first-order valence-corrected chi connectivity index (χ1v) is 5.68. The molecule has 0 aliphatic heterocycles. The Balaban J connectivity index is 5.15. The maximum absolute atomic E-state index is 3.84. The maximum atomic E-state index is 3.84. The van der Waals surface area contributed by atoms with Gasteiger partial charge in [-0.25, -0.2) is 0 Å². The zero-order valence-corrected chi connectivity index (χ0v) is 10.8. The zero-order chi connectivity index (χ0) is 11.8. The number of hydrogen-bond acceptors (Lipinski definition) is 0. The SMILES string of the molecule is C=C/C(C)=C(\C=C/C)C(=C\C)/CC(C)C. The fourth-order valence-corrected chi connectivity index (χ4v) is 1.59. The summed E-state index contributed by atoms with van der Waals surface area (Å²) in [5.41, 5.74) is 3.99. The van der Waals surface area contributed by atoms with Crippen molar-refractivity contribution in [1.82, 2.24) is 0 Å². The Bertz CT molecular complexity index is 285. The monoisotopic (exact) mass is 204 g/mol. The van der Waals surface area contributed by atoms with Gasteiger partial charge in [-0.3, -0.25) is 0 Å². The smallest absolute Gasteiger partial charge is 0.0202 e. The van der Waals surface area contributed by atoms with Crippen molar-refractivity contribution in [2.24, 2.45) is 5.92 Å². The third-order valence-corrected chi connectivity index (χ3v) is 2.39. The average Bonchev–Trinajstić information content (AvgIpc) is 2.21. The lowest BCUT2D eigenvalue weighted by molar-refractivity contribution is 0.646. The van der Waals surface area contributed by atoms with E-state index in [1.807, 2.05) is 6.08 Å². The Hall–Kier alpha value is -1.04. The van der Waals surface area contributed by atoms with Crippen LogP contribution in [0.1, 0.15) is 41.0 Å². The third-order valence-electron chi connectivity index (χ3n) is 2.39. The highest BCUT2D eigenvalue weighted by Crippen LogP contribution is 2.23. The van der Waals surface area contributed by atoms with Gasteiger partial charge in [-0.1, -0.05) is 44.7 Å². The van der Waals surface area contributed by atoms with E-state index < -0.39 is 0 Å². The Morgan fingerprint density at radius 2 is 1.87 bits per heavy atom. The van der Waals surface area contributed by atoms with E-state index in [0.717, 1.165) is 6.42 Å². The molecular weight excluding hydrogens is 180 g/mol. The van der Waals surface area contributed by atoms with Crippen molar-refractivity contribution >= 4 is 0 Å². The van der Waals surface area contributed by atoms with Gasteiger partial charge in [-0.15, -0.1) is 0 Å². The largest absolute Gasteiger partial charge is 0.0988 e. The second-order valence-electron chi connectivity index (χ2n) is 4.21. The van der Waals surface area contributed by atoms with Gasteiger partial charge in [-0.2, -0.15) is 0 Å². The van der Waals surface area contributed by atoms with Gasteiger partial charge in [0.15, 0.2) is 0 Å². The van der Waals surface area contributed by atoms with Gasteiger partial charge in [0.2, 0.25) is 0 Å². The molecule has 0 unspecified atom stereocenters. The Kier molecular flexibility index (Phi) is 6.77. The quantitative estimate of drug-likeness (QED) is 0.549. The van der Waals surface area contributed by atoms with Crippen molar-refractivity contribution in [1.29, 1.82) is 0 Å². The second kappa shape index (κ2) is 7.28. The molecule has 0 aromatic heterocycles. The lowest BCUT2D eigenvalue weighted by atomic mass is 9.92. The van der Waals surface area contributed by atoms with E-state index in [4.69, 9.17) is 0 Å². The normalized spacial score (nSPS) is 14.7. The molecule has 0 radical (unpaired) electrons. The van der Waals surface area contributed by atoms with Gasteiger partial charge in [0.05, 0.1) is 0 Å². The van der Waals surface area contributed by atoms with Crippen LogP contribution in [0.3, 0.4) is 0 Å². The molecule has 0 aromatic rings. The Morgan fingerprint density at radius 3 is 2.20 bits per heavy atom. The van der Waals surface area contributed by atoms with Crippen LogP contribution in [0.2, 0.25) is 0 Å². The van der Waals surface area contributed by atoms with Crippen LogP contribution in [0.25, 0.3) is 0 Å². The predicted octanol–water partition coefficient (Wildman–Crippen LogP) is 5.06. The van der Waals surface area contributed by atoms with E-state index >= 15 is 0 Å². The topological polar surface area (TPSA) is 0 Å². The van der Waals surface area contributed by atoms with Crippen molar-refractivity contribution in [2.75, 3.05) is 0 Å². The molecule has 0 aromatic carbocycles. The second-order valence-corrected chi connectivity index (χ2v) is 4.21. The highest BCUT2D eigenvalue weighted by atomic mass is 14.1. The number of hydrogen-bond donors (Lipinski definition) is 0. The van der Waals surface area contributed by atoms with E-state index in [-0.39, 0.29) is 0 Å². The summed E-state index contributed by atoms with van der Waals surface area (Å²) in [6.45, 7) is 14.6. The van der Waals surface area contributed by atoms with Crippen molar-refractivity contribution < 1.29 is 0 Å². The third kappa shape index (κ3) is 4.83. The summed E-state index contributed by atoms with van der Waals surface area (Å²) in [7, 11) is 0. The van der Waals surface area contributed by atoms with Crippen LogP contribution in [-0.2, 0) is 0 Å². The van der Waals surface area contributed by atoms with Gasteiger partial charge in [-0.05, 0) is 49.8 Å². The molecule has 0 N–H and O–H groups in total. The van der Waals surface area contributed by atoms with Crippen LogP contribution in [0.5, 0.6) is 0 Å². The molecule has 0 bridgehead atoms. The van der Waals surface area contributed by atoms with Gasteiger partial charge in [0.1, 0.15) is 0 Å². The summed E-state index contributed by atoms with van der Waals surface area (Å²) in [6, 6.07) is 0. The minimum atomic E-state index is 0.689. The van der Waals surface area contributed by atoms with Crippen molar-refractivity contribution in [3.8, 4) is 0 Å². The molecule has 0 rings (SSSR count). The molecule has 0 aliphatic carbocycles. The molecule has 0 nitrogen and oxygen atoms in total. The molecule has 0 amide bonds. The van der Waals surface area contributed by atoms with Crippen LogP contribution < -0.4 is 0 Å². The van der Waals surface area contributed by atoms with Crippen LogP contribution >= 0.6 is 0 Å². The minimum Gasteiger partial charge on any atom is -0.0988 e. The summed E-state index contributed by atoms with van der Waals surface area (Å²) in [5, 5.41) is 0. The van der Waals surface area contributed by atoms with E-state index in [1.54, 1.807) is 0 Å². The van der Waals surface area contributed by atoms with Crippen molar-refractivity contribution in [3.63, 3.8) is 0 Å². The van der Waals surface area contributed by atoms with Crippen molar-refractivity contribution in [2.45, 2.75) is 41.0 Å². The molecule has 84 valence electrons. The summed E-state index contributed by atoms with van der Waals surface area (Å²) in [6.07, 6.45) is 9.53. The molecule has 15 heavy (non-hydrogen) atoms. The van der Waals surface area contributed by atoms with E-state index in [1.165, 1.54) is 16.7 Å². The lowest BCUT2D eigenvalue weighted by Crippen LogP contribution is -1.96. The van der Waals surface area contributed by atoms with Crippen LogP contribution in [-0.4, -0.2) is 0 Å². The fourth-order valence-electron chi connectivity index (χ4n) is 1.59. The first kappa shape index (κ1) is 14.0. The summed E-state index contributed by atoms with van der Waals surface area (Å²) in [5.74, 6) is 0.689. The predicted molar refractivity (Wildman–Crippen MR) is 70.9 cm³/mol. The van der Waals surface area contributed by atoms with E-state index in [9.17, 15) is 0 Å². The van der Waals surface area contributed by atoms with Crippen LogP contribution in [0.15, 0.2) is 47.6 Å². The van der Waals surface area contributed by atoms with Gasteiger partial charge in [0, 0.05) is 0 Å². The molecule has 0 aliphatic rings. The molecule has 0 saturated heterocycles. The van der Waals surface area contributed by atoms with Crippen LogP contribution in [0, 0.1) is 5.92 Å². The first-order valence-electron chi connectivity index (χ1n) is 5.68. The summed E-state index contributed by atoms with van der Waals surface area (Å²) < 4.78 is 0. The standard InChI is InChI=1S/C15H24/c1-7-10-15(13(6)8-2)14(9-3)11-12(4)5/h7-10,12H,2,11H2,1,3-6H3/b10-7-,14-9-,15-13+. The first-order chi connectivity index (χ1) is 7.06. The Morgan fingerprint density at radius 1 is 1.27 bits per heavy atom. The molecule has 0 atom stereocenters. The minimum absolute atomic E-state index is 0.689.